The summed E-state index contributed by atoms with van der Waals surface area (Å²) in [6.07, 6.45) is 1.88. The van der Waals surface area contributed by atoms with Crippen molar-refractivity contribution < 1.29 is 19.4 Å². The minimum atomic E-state index is -0.993. The van der Waals surface area contributed by atoms with Gasteiger partial charge in [0, 0.05) is 0 Å². The van der Waals surface area contributed by atoms with Gasteiger partial charge in [0.05, 0.1) is 18.2 Å². The Bertz CT molecular complexity index is 446. The first-order chi connectivity index (χ1) is 7.65. The molecule has 1 aliphatic rings. The molecule has 0 unspecified atom stereocenters. The number of carbonyl (C=O) groups is 2. The zero-order valence-corrected chi connectivity index (χ0v) is 8.90. The van der Waals surface area contributed by atoms with E-state index in [1.54, 1.807) is 12.1 Å². The third kappa shape index (κ3) is 1.78. The third-order valence-corrected chi connectivity index (χ3v) is 2.73. The van der Waals surface area contributed by atoms with Gasteiger partial charge in [-0.1, -0.05) is 6.07 Å². The van der Waals surface area contributed by atoms with E-state index in [2.05, 4.69) is 4.74 Å². The molecule has 4 nitrogen and oxygen atoms in total. The predicted octanol–water partition coefficient (Wildman–Crippen LogP) is 2.05. The summed E-state index contributed by atoms with van der Waals surface area (Å²) in [7, 11) is 1.30. The van der Waals surface area contributed by atoms with Crippen molar-refractivity contribution in [2.45, 2.75) is 18.8 Å². The van der Waals surface area contributed by atoms with Crippen LogP contribution in [0.25, 0.3) is 0 Å². The number of carboxylic acid groups (broad SMARTS) is 1. The third-order valence-electron chi connectivity index (χ3n) is 2.73. The second-order valence-electron chi connectivity index (χ2n) is 3.84. The summed E-state index contributed by atoms with van der Waals surface area (Å²) in [6.45, 7) is 0. The summed E-state index contributed by atoms with van der Waals surface area (Å²) >= 11 is 0. The molecule has 2 rings (SSSR count). The zero-order valence-electron chi connectivity index (χ0n) is 8.90. The van der Waals surface area contributed by atoms with E-state index in [-0.39, 0.29) is 11.5 Å². The van der Waals surface area contributed by atoms with E-state index in [0.29, 0.717) is 11.1 Å². The quantitative estimate of drug-likeness (QED) is 0.792. The Labute approximate surface area is 92.8 Å². The molecule has 1 aromatic carbocycles. The topological polar surface area (TPSA) is 63.6 Å². The summed E-state index contributed by atoms with van der Waals surface area (Å²) in [4.78, 5) is 22.6. The molecule has 1 aromatic rings. The van der Waals surface area contributed by atoms with Gasteiger partial charge in [0.15, 0.2) is 0 Å². The lowest BCUT2D eigenvalue weighted by atomic mass is 9.97. The van der Waals surface area contributed by atoms with E-state index < -0.39 is 11.9 Å². The molecule has 4 heteroatoms. The van der Waals surface area contributed by atoms with Crippen molar-refractivity contribution in [3.05, 3.63) is 34.9 Å². The van der Waals surface area contributed by atoms with Crippen molar-refractivity contribution in [1.29, 1.82) is 0 Å². The fourth-order valence-electron chi connectivity index (χ4n) is 1.85. The molecule has 0 bridgehead atoms. The lowest BCUT2D eigenvalue weighted by Crippen LogP contribution is -2.10. The molecule has 1 aliphatic carbocycles. The van der Waals surface area contributed by atoms with Crippen molar-refractivity contribution in [3.63, 3.8) is 0 Å². The smallest absolute Gasteiger partial charge is 0.338 e. The molecule has 0 radical (unpaired) electrons. The summed E-state index contributed by atoms with van der Waals surface area (Å²) in [5.74, 6) is -1.26. The highest BCUT2D eigenvalue weighted by Gasteiger charge is 2.32. The first kappa shape index (κ1) is 10.7. The Morgan fingerprint density at radius 2 is 1.94 bits per heavy atom. The Morgan fingerprint density at radius 1 is 1.31 bits per heavy atom. The molecular formula is C12H12O4. The molecule has 1 fully saturated rings. The standard InChI is InChI=1S/C12H12O4/c1-16-12(15)9-4-2-3-8(11(13)14)10(9)7-5-6-7/h2-4,7H,5-6H2,1H3,(H,13,14). The van der Waals surface area contributed by atoms with Crippen LogP contribution in [0.2, 0.25) is 0 Å². The van der Waals surface area contributed by atoms with Gasteiger partial charge in [-0.25, -0.2) is 9.59 Å². The van der Waals surface area contributed by atoms with Crippen LogP contribution in [0.1, 0.15) is 45.0 Å². The first-order valence-electron chi connectivity index (χ1n) is 5.09. The van der Waals surface area contributed by atoms with Crippen LogP contribution in [0.4, 0.5) is 0 Å². The molecule has 0 aromatic heterocycles. The second-order valence-corrected chi connectivity index (χ2v) is 3.84. The molecule has 16 heavy (non-hydrogen) atoms. The lowest BCUT2D eigenvalue weighted by Gasteiger charge is -2.09. The molecular weight excluding hydrogens is 208 g/mol. The largest absolute Gasteiger partial charge is 0.478 e. The van der Waals surface area contributed by atoms with E-state index >= 15 is 0 Å². The van der Waals surface area contributed by atoms with Crippen LogP contribution < -0.4 is 0 Å². The number of hydrogen-bond acceptors (Lipinski definition) is 3. The number of esters is 1. The predicted molar refractivity (Wildman–Crippen MR) is 56.7 cm³/mol. The van der Waals surface area contributed by atoms with Crippen LogP contribution in [-0.4, -0.2) is 24.2 Å². The van der Waals surface area contributed by atoms with Crippen LogP contribution in [0, 0.1) is 0 Å². The van der Waals surface area contributed by atoms with Crippen molar-refractivity contribution in [3.8, 4) is 0 Å². The van der Waals surface area contributed by atoms with Crippen LogP contribution >= 0.6 is 0 Å². The maximum absolute atomic E-state index is 11.5. The number of rotatable bonds is 3. The van der Waals surface area contributed by atoms with Crippen molar-refractivity contribution in [2.24, 2.45) is 0 Å². The van der Waals surface area contributed by atoms with E-state index in [0.717, 1.165) is 12.8 Å². The van der Waals surface area contributed by atoms with E-state index in [1.807, 2.05) is 0 Å². The molecule has 0 spiro atoms. The molecule has 0 aliphatic heterocycles. The van der Waals surface area contributed by atoms with Gasteiger partial charge < -0.3 is 9.84 Å². The van der Waals surface area contributed by atoms with Gasteiger partial charge in [-0.15, -0.1) is 0 Å². The Balaban J connectivity index is 2.55. The van der Waals surface area contributed by atoms with E-state index in [9.17, 15) is 9.59 Å². The summed E-state index contributed by atoms with van der Waals surface area (Å²) in [6, 6.07) is 4.72. The molecule has 0 saturated heterocycles. The first-order valence-corrected chi connectivity index (χ1v) is 5.09. The summed E-state index contributed by atoms with van der Waals surface area (Å²) in [5, 5.41) is 9.07. The fraction of sp³-hybridized carbons (Fsp3) is 0.333. The van der Waals surface area contributed by atoms with Crippen LogP contribution in [0.15, 0.2) is 18.2 Å². The van der Waals surface area contributed by atoms with Gasteiger partial charge in [0.1, 0.15) is 0 Å². The van der Waals surface area contributed by atoms with Crippen molar-refractivity contribution in [1.82, 2.24) is 0 Å². The Morgan fingerprint density at radius 3 is 2.44 bits per heavy atom. The monoisotopic (exact) mass is 220 g/mol. The number of aromatic carboxylic acids is 1. The average Bonchev–Trinajstić information content (AvgIpc) is 3.10. The highest BCUT2D eigenvalue weighted by Crippen LogP contribution is 2.43. The van der Waals surface area contributed by atoms with Crippen LogP contribution in [-0.2, 0) is 4.74 Å². The number of ether oxygens (including phenoxy) is 1. The molecule has 84 valence electrons. The maximum Gasteiger partial charge on any atom is 0.338 e. The molecule has 1 N–H and O–H groups in total. The second kappa shape index (κ2) is 3.96. The van der Waals surface area contributed by atoms with Crippen molar-refractivity contribution in [2.75, 3.05) is 7.11 Å². The Hall–Kier alpha value is -1.84. The average molecular weight is 220 g/mol. The number of benzene rings is 1. The van der Waals surface area contributed by atoms with Crippen LogP contribution in [0.3, 0.4) is 0 Å². The minimum Gasteiger partial charge on any atom is -0.478 e. The van der Waals surface area contributed by atoms with E-state index in [1.165, 1.54) is 13.2 Å². The number of hydrogen-bond donors (Lipinski definition) is 1. The summed E-state index contributed by atoms with van der Waals surface area (Å²) < 4.78 is 4.66. The van der Waals surface area contributed by atoms with Crippen molar-refractivity contribution >= 4 is 11.9 Å². The lowest BCUT2D eigenvalue weighted by molar-refractivity contribution is 0.0599. The minimum absolute atomic E-state index is 0.196. The normalized spacial score (nSPS) is 14.6. The van der Waals surface area contributed by atoms with E-state index in [4.69, 9.17) is 5.11 Å². The van der Waals surface area contributed by atoms with Gasteiger partial charge in [0.2, 0.25) is 0 Å². The molecule has 0 atom stereocenters. The fourth-order valence-corrected chi connectivity index (χ4v) is 1.85. The molecule has 0 heterocycles. The van der Waals surface area contributed by atoms with Crippen LogP contribution in [0.5, 0.6) is 0 Å². The van der Waals surface area contributed by atoms with Gasteiger partial charge in [-0.05, 0) is 36.5 Å². The maximum atomic E-state index is 11.5. The number of methoxy groups -OCH3 is 1. The summed E-state index contributed by atoms with van der Waals surface area (Å²) in [5.41, 5.74) is 1.22. The van der Waals surface area contributed by atoms with Gasteiger partial charge in [0.25, 0.3) is 0 Å². The van der Waals surface area contributed by atoms with Gasteiger partial charge in [-0.3, -0.25) is 0 Å². The highest BCUT2D eigenvalue weighted by molar-refractivity contribution is 5.97. The number of carbonyl (C=O) groups excluding carboxylic acids is 1. The Kier molecular flexibility index (Phi) is 2.64. The van der Waals surface area contributed by atoms with Gasteiger partial charge in [-0.2, -0.15) is 0 Å². The SMILES string of the molecule is COC(=O)c1cccc(C(=O)O)c1C1CC1. The number of carboxylic acids is 1. The zero-order chi connectivity index (χ0) is 11.7. The molecule has 1 saturated carbocycles. The van der Waals surface area contributed by atoms with Gasteiger partial charge >= 0.3 is 11.9 Å². The molecule has 0 amide bonds. The highest BCUT2D eigenvalue weighted by atomic mass is 16.5.